The van der Waals surface area contributed by atoms with Crippen molar-refractivity contribution >= 4 is 21.8 Å². The molecule has 2 aromatic rings. The zero-order valence-electron chi connectivity index (χ0n) is 16.8. The number of halogens is 1. The Morgan fingerprint density at radius 1 is 0.897 bits per heavy atom. The Morgan fingerprint density at radius 2 is 1.55 bits per heavy atom. The summed E-state index contributed by atoms with van der Waals surface area (Å²) in [4.78, 5) is 24.1. The van der Waals surface area contributed by atoms with Gasteiger partial charge in [0.2, 0.25) is 5.91 Å². The lowest BCUT2D eigenvalue weighted by Crippen LogP contribution is -2.51. The number of carbonyl (C=O) groups is 1. The fourth-order valence-corrected chi connectivity index (χ4v) is 4.75. The molecular formula is C23H29BrN4O. The van der Waals surface area contributed by atoms with E-state index in [1.54, 1.807) is 0 Å². The molecule has 2 aliphatic heterocycles. The minimum atomic E-state index is 0.193. The molecule has 0 spiro atoms. The second-order valence-electron chi connectivity index (χ2n) is 8.10. The number of rotatable bonds is 5. The highest BCUT2D eigenvalue weighted by molar-refractivity contribution is 9.10. The summed E-state index contributed by atoms with van der Waals surface area (Å²) >= 11 is 3.64. The maximum atomic E-state index is 13.0. The molecule has 6 heteroatoms. The topological polar surface area (TPSA) is 39.7 Å². The molecule has 4 rings (SSSR count). The molecule has 3 heterocycles. The monoisotopic (exact) mass is 456 g/mol. The highest BCUT2D eigenvalue weighted by Crippen LogP contribution is 2.23. The molecule has 1 amide bonds. The molecule has 2 fully saturated rings. The third-order valence-corrected chi connectivity index (χ3v) is 6.90. The van der Waals surface area contributed by atoms with Crippen molar-refractivity contribution in [2.75, 3.05) is 39.3 Å². The van der Waals surface area contributed by atoms with Crippen LogP contribution in [0.2, 0.25) is 0 Å². The summed E-state index contributed by atoms with van der Waals surface area (Å²) in [5.41, 5.74) is 2.61. The highest BCUT2D eigenvalue weighted by Gasteiger charge is 2.30. The van der Waals surface area contributed by atoms with Crippen LogP contribution in [0.4, 0.5) is 0 Å². The average Bonchev–Trinajstić information content (AvgIpc) is 2.77. The predicted molar refractivity (Wildman–Crippen MR) is 118 cm³/mol. The van der Waals surface area contributed by atoms with E-state index in [1.165, 1.54) is 11.1 Å². The predicted octanol–water partition coefficient (Wildman–Crippen LogP) is 3.40. The standard InChI is InChI=1S/C23H29BrN4O/c24-22-4-2-1-3-21(22)18-27-13-15-28(16-14-27)23(29)20-7-11-26(12-8-20)17-19-5-9-25-10-6-19/h1-6,9-10,20H,7-8,11-18H2. The van der Waals surface area contributed by atoms with Crippen LogP contribution in [-0.2, 0) is 17.9 Å². The van der Waals surface area contributed by atoms with Gasteiger partial charge in [0, 0.05) is 62.1 Å². The Hall–Kier alpha value is -1.76. The molecule has 1 aromatic carbocycles. The van der Waals surface area contributed by atoms with E-state index in [2.05, 4.69) is 65.9 Å². The lowest BCUT2D eigenvalue weighted by molar-refractivity contribution is -0.139. The molecule has 0 N–H and O–H groups in total. The number of benzene rings is 1. The van der Waals surface area contributed by atoms with Crippen LogP contribution < -0.4 is 0 Å². The van der Waals surface area contributed by atoms with Crippen LogP contribution in [0.25, 0.3) is 0 Å². The van der Waals surface area contributed by atoms with Crippen LogP contribution in [-0.4, -0.2) is 64.9 Å². The van der Waals surface area contributed by atoms with Gasteiger partial charge in [-0.3, -0.25) is 19.6 Å². The molecular weight excluding hydrogens is 428 g/mol. The number of aromatic nitrogens is 1. The molecule has 5 nitrogen and oxygen atoms in total. The average molecular weight is 457 g/mol. The van der Waals surface area contributed by atoms with Crippen LogP contribution in [0.1, 0.15) is 24.0 Å². The number of piperidine rings is 1. The van der Waals surface area contributed by atoms with Crippen LogP contribution >= 0.6 is 15.9 Å². The van der Waals surface area contributed by atoms with Gasteiger partial charge < -0.3 is 4.90 Å². The fourth-order valence-electron chi connectivity index (χ4n) is 4.34. The molecule has 0 aliphatic carbocycles. The van der Waals surface area contributed by atoms with Gasteiger partial charge in [-0.2, -0.15) is 0 Å². The van der Waals surface area contributed by atoms with Crippen molar-refractivity contribution in [3.63, 3.8) is 0 Å². The lowest BCUT2D eigenvalue weighted by atomic mass is 9.94. The van der Waals surface area contributed by atoms with Gasteiger partial charge in [0.25, 0.3) is 0 Å². The van der Waals surface area contributed by atoms with Gasteiger partial charge in [-0.1, -0.05) is 34.1 Å². The molecule has 154 valence electrons. The Labute approximate surface area is 181 Å². The van der Waals surface area contributed by atoms with E-state index >= 15 is 0 Å². The van der Waals surface area contributed by atoms with E-state index in [0.717, 1.165) is 69.7 Å². The van der Waals surface area contributed by atoms with E-state index in [-0.39, 0.29) is 5.92 Å². The van der Waals surface area contributed by atoms with E-state index in [4.69, 9.17) is 0 Å². The smallest absolute Gasteiger partial charge is 0.225 e. The second kappa shape index (κ2) is 9.83. The minimum absolute atomic E-state index is 0.193. The van der Waals surface area contributed by atoms with E-state index in [1.807, 2.05) is 18.5 Å². The van der Waals surface area contributed by atoms with Gasteiger partial charge in [0.1, 0.15) is 0 Å². The first kappa shape index (κ1) is 20.5. The minimum Gasteiger partial charge on any atom is -0.340 e. The third-order valence-electron chi connectivity index (χ3n) is 6.13. The van der Waals surface area contributed by atoms with Gasteiger partial charge in [0.05, 0.1) is 0 Å². The molecule has 1 aromatic heterocycles. The van der Waals surface area contributed by atoms with Gasteiger partial charge in [0.15, 0.2) is 0 Å². The quantitative estimate of drug-likeness (QED) is 0.690. The highest BCUT2D eigenvalue weighted by atomic mass is 79.9. The van der Waals surface area contributed by atoms with Crippen molar-refractivity contribution in [1.29, 1.82) is 0 Å². The maximum absolute atomic E-state index is 13.0. The van der Waals surface area contributed by atoms with Crippen LogP contribution in [0, 0.1) is 5.92 Å². The summed E-state index contributed by atoms with van der Waals surface area (Å²) < 4.78 is 1.16. The Bertz CT molecular complexity index is 800. The Kier molecular flexibility index (Phi) is 6.95. The molecule has 0 unspecified atom stereocenters. The summed E-state index contributed by atoms with van der Waals surface area (Å²) in [5, 5.41) is 0. The number of amides is 1. The van der Waals surface area contributed by atoms with E-state index < -0.39 is 0 Å². The summed E-state index contributed by atoms with van der Waals surface area (Å²) in [6, 6.07) is 12.5. The summed E-state index contributed by atoms with van der Waals surface area (Å²) in [6.45, 7) is 7.50. The number of hydrogen-bond donors (Lipinski definition) is 0. The zero-order valence-corrected chi connectivity index (χ0v) is 18.4. The molecule has 0 bridgehead atoms. The number of piperazine rings is 1. The van der Waals surface area contributed by atoms with Crippen LogP contribution in [0.5, 0.6) is 0 Å². The van der Waals surface area contributed by atoms with Crippen LogP contribution in [0.3, 0.4) is 0 Å². The third kappa shape index (κ3) is 5.44. The number of pyridine rings is 1. The number of carbonyl (C=O) groups excluding carboxylic acids is 1. The molecule has 0 atom stereocenters. The fraction of sp³-hybridized carbons (Fsp3) is 0.478. The Morgan fingerprint density at radius 3 is 2.24 bits per heavy atom. The summed E-state index contributed by atoms with van der Waals surface area (Å²) in [6.07, 6.45) is 5.64. The number of nitrogens with zero attached hydrogens (tertiary/aromatic N) is 4. The van der Waals surface area contributed by atoms with Crippen molar-refractivity contribution in [2.45, 2.75) is 25.9 Å². The summed E-state index contributed by atoms with van der Waals surface area (Å²) in [7, 11) is 0. The van der Waals surface area contributed by atoms with Crippen molar-refractivity contribution in [1.82, 2.24) is 19.7 Å². The van der Waals surface area contributed by atoms with Gasteiger partial charge in [-0.25, -0.2) is 0 Å². The molecule has 2 saturated heterocycles. The number of likely N-dealkylation sites (tertiary alicyclic amines) is 1. The van der Waals surface area contributed by atoms with Gasteiger partial charge in [-0.05, 0) is 55.3 Å². The first-order valence-corrected chi connectivity index (χ1v) is 11.3. The largest absolute Gasteiger partial charge is 0.340 e. The maximum Gasteiger partial charge on any atom is 0.225 e. The van der Waals surface area contributed by atoms with Crippen molar-refractivity contribution in [3.8, 4) is 0 Å². The first-order chi connectivity index (χ1) is 14.2. The van der Waals surface area contributed by atoms with E-state index in [0.29, 0.717) is 5.91 Å². The SMILES string of the molecule is O=C(C1CCN(Cc2ccncc2)CC1)N1CCN(Cc2ccccc2Br)CC1. The molecule has 2 aliphatic rings. The van der Waals surface area contributed by atoms with E-state index in [9.17, 15) is 4.79 Å². The molecule has 0 saturated carbocycles. The molecule has 0 radical (unpaired) electrons. The zero-order chi connectivity index (χ0) is 20.1. The second-order valence-corrected chi connectivity index (χ2v) is 8.95. The van der Waals surface area contributed by atoms with Crippen molar-refractivity contribution in [3.05, 3.63) is 64.4 Å². The first-order valence-electron chi connectivity index (χ1n) is 10.5. The van der Waals surface area contributed by atoms with Crippen molar-refractivity contribution < 1.29 is 4.79 Å². The normalized spacial score (nSPS) is 19.4. The van der Waals surface area contributed by atoms with Gasteiger partial charge >= 0.3 is 0 Å². The molecule has 29 heavy (non-hydrogen) atoms. The summed E-state index contributed by atoms with van der Waals surface area (Å²) in [5.74, 6) is 0.563. The van der Waals surface area contributed by atoms with Gasteiger partial charge in [-0.15, -0.1) is 0 Å². The Balaban J connectivity index is 1.21. The lowest BCUT2D eigenvalue weighted by Gasteiger charge is -2.38. The number of hydrogen-bond acceptors (Lipinski definition) is 4. The van der Waals surface area contributed by atoms with Crippen molar-refractivity contribution in [2.24, 2.45) is 5.92 Å². The van der Waals surface area contributed by atoms with Crippen LogP contribution in [0.15, 0.2) is 53.3 Å².